The van der Waals surface area contributed by atoms with Gasteiger partial charge in [0.15, 0.2) is 0 Å². The lowest BCUT2D eigenvalue weighted by Gasteiger charge is -2.21. The summed E-state index contributed by atoms with van der Waals surface area (Å²) in [5.41, 5.74) is 1.98. The molecule has 0 saturated carbocycles. The Morgan fingerprint density at radius 1 is 1.13 bits per heavy atom. The first-order chi connectivity index (χ1) is 10.8. The van der Waals surface area contributed by atoms with Crippen molar-refractivity contribution in [3.05, 3.63) is 35.4 Å². The lowest BCUT2D eigenvalue weighted by molar-refractivity contribution is -0.141. The molecule has 2 atom stereocenters. The van der Waals surface area contributed by atoms with Crippen molar-refractivity contribution in [3.63, 3.8) is 0 Å². The first-order valence-electron chi connectivity index (χ1n) is 7.88. The van der Waals surface area contributed by atoms with E-state index < -0.39 is 12.1 Å². The Balaban J connectivity index is 2.78. The minimum atomic E-state index is -0.567. The highest BCUT2D eigenvalue weighted by Gasteiger charge is 2.22. The van der Waals surface area contributed by atoms with Crippen molar-refractivity contribution in [2.24, 2.45) is 5.92 Å². The van der Waals surface area contributed by atoms with Gasteiger partial charge in [0, 0.05) is 6.61 Å². The van der Waals surface area contributed by atoms with E-state index in [4.69, 9.17) is 9.47 Å². The van der Waals surface area contributed by atoms with Crippen LogP contribution in [0, 0.1) is 12.8 Å². The number of hydrogen-bond donors (Lipinski definition) is 1. The fourth-order valence-electron chi connectivity index (χ4n) is 2.00. The van der Waals surface area contributed by atoms with Gasteiger partial charge in [-0.25, -0.2) is 0 Å². The van der Waals surface area contributed by atoms with Crippen molar-refractivity contribution in [3.8, 4) is 0 Å². The number of nitrogens with one attached hydrogen (secondary N) is 1. The van der Waals surface area contributed by atoms with Crippen LogP contribution in [0.5, 0.6) is 0 Å². The monoisotopic (exact) mass is 321 g/mol. The number of benzene rings is 1. The third-order valence-electron chi connectivity index (χ3n) is 3.44. The Morgan fingerprint density at radius 3 is 2.26 bits per heavy atom. The summed E-state index contributed by atoms with van der Waals surface area (Å²) in [7, 11) is 1.34. The molecule has 5 heteroatoms. The molecule has 0 unspecified atom stereocenters. The molecule has 0 bridgehead atoms. The first kappa shape index (κ1) is 19.2. The highest BCUT2D eigenvalue weighted by atomic mass is 16.5. The molecule has 1 aromatic rings. The molecule has 1 rings (SSSR count). The molecule has 128 valence electrons. The highest BCUT2D eigenvalue weighted by molar-refractivity contribution is 5.81. The van der Waals surface area contributed by atoms with Crippen molar-refractivity contribution in [2.75, 3.05) is 13.7 Å². The maximum absolute atomic E-state index is 12.3. The van der Waals surface area contributed by atoms with E-state index in [1.807, 2.05) is 45.0 Å². The summed E-state index contributed by atoms with van der Waals surface area (Å²) in [4.78, 5) is 23.9. The van der Waals surface area contributed by atoms with Gasteiger partial charge in [0.05, 0.1) is 19.6 Å². The molecule has 5 nitrogen and oxygen atoms in total. The van der Waals surface area contributed by atoms with Gasteiger partial charge in [0.2, 0.25) is 5.91 Å². The van der Waals surface area contributed by atoms with Gasteiger partial charge >= 0.3 is 5.97 Å². The van der Waals surface area contributed by atoms with Crippen LogP contribution in [0.3, 0.4) is 0 Å². The fraction of sp³-hybridized carbons (Fsp3) is 0.556. The molecule has 0 aliphatic carbocycles. The summed E-state index contributed by atoms with van der Waals surface area (Å²) < 4.78 is 10.2. The van der Waals surface area contributed by atoms with Gasteiger partial charge in [-0.05, 0) is 25.3 Å². The van der Waals surface area contributed by atoms with Crippen LogP contribution in [0.2, 0.25) is 0 Å². The molecule has 0 saturated heterocycles. The number of carbonyl (C=O) groups excluding carboxylic acids is 2. The smallest absolute Gasteiger partial charge is 0.307 e. The Morgan fingerprint density at radius 2 is 1.74 bits per heavy atom. The van der Waals surface area contributed by atoms with Crippen LogP contribution in [0.25, 0.3) is 0 Å². The molecule has 0 spiro atoms. The number of rotatable bonds is 8. The van der Waals surface area contributed by atoms with Crippen LogP contribution in [0.15, 0.2) is 24.3 Å². The summed E-state index contributed by atoms with van der Waals surface area (Å²) in [6.45, 7) is 8.26. The molecule has 23 heavy (non-hydrogen) atoms. The molecule has 0 radical (unpaired) electrons. The molecule has 0 heterocycles. The number of aryl methyl sites for hydroxylation is 1. The van der Waals surface area contributed by atoms with E-state index in [0.717, 1.165) is 11.1 Å². The van der Waals surface area contributed by atoms with Crippen LogP contribution in [0.4, 0.5) is 0 Å². The molecule has 1 N–H and O–H groups in total. The number of carbonyl (C=O) groups is 2. The predicted octanol–water partition coefficient (Wildman–Crippen LogP) is 2.78. The summed E-state index contributed by atoms with van der Waals surface area (Å²) in [5, 5.41) is 2.88. The van der Waals surface area contributed by atoms with E-state index >= 15 is 0 Å². The number of hydrogen-bond acceptors (Lipinski definition) is 4. The van der Waals surface area contributed by atoms with Gasteiger partial charge in [0.25, 0.3) is 0 Å². The van der Waals surface area contributed by atoms with E-state index in [0.29, 0.717) is 12.5 Å². The van der Waals surface area contributed by atoms with E-state index in [1.165, 1.54) is 7.11 Å². The fourth-order valence-corrected chi connectivity index (χ4v) is 2.00. The predicted molar refractivity (Wildman–Crippen MR) is 88.9 cm³/mol. The van der Waals surface area contributed by atoms with Crippen LogP contribution < -0.4 is 5.32 Å². The van der Waals surface area contributed by atoms with Gasteiger partial charge < -0.3 is 14.8 Å². The molecular weight excluding hydrogens is 294 g/mol. The van der Waals surface area contributed by atoms with Crippen LogP contribution in [-0.2, 0) is 19.1 Å². The lowest BCUT2D eigenvalue weighted by atomic mass is 10.0. The Hall–Kier alpha value is -1.88. The number of esters is 1. The van der Waals surface area contributed by atoms with E-state index in [1.54, 1.807) is 6.92 Å². The molecule has 0 aromatic heterocycles. The largest absolute Gasteiger partial charge is 0.469 e. The zero-order chi connectivity index (χ0) is 17.4. The lowest BCUT2D eigenvalue weighted by Crippen LogP contribution is -2.38. The normalized spacial score (nSPS) is 13.5. The molecule has 1 aromatic carbocycles. The molecule has 0 aliphatic heterocycles. The summed E-state index contributed by atoms with van der Waals surface area (Å²) in [5.74, 6) is -0.250. The van der Waals surface area contributed by atoms with Crippen LogP contribution in [-0.4, -0.2) is 31.7 Å². The average molecular weight is 321 g/mol. The average Bonchev–Trinajstić information content (AvgIpc) is 2.52. The van der Waals surface area contributed by atoms with Crippen molar-refractivity contribution >= 4 is 11.9 Å². The second-order valence-corrected chi connectivity index (χ2v) is 6.12. The Kier molecular flexibility index (Phi) is 7.75. The molecule has 0 fully saturated rings. The molecular formula is C18H27NO4. The maximum atomic E-state index is 12.3. The second kappa shape index (κ2) is 9.30. The minimum absolute atomic E-state index is 0.0855. The van der Waals surface area contributed by atoms with Crippen LogP contribution in [0.1, 0.15) is 44.4 Å². The third-order valence-corrected chi connectivity index (χ3v) is 3.44. The van der Waals surface area contributed by atoms with Gasteiger partial charge in [-0.1, -0.05) is 43.7 Å². The van der Waals surface area contributed by atoms with Crippen molar-refractivity contribution < 1.29 is 19.1 Å². The minimum Gasteiger partial charge on any atom is -0.469 e. The van der Waals surface area contributed by atoms with Crippen molar-refractivity contribution in [2.45, 2.75) is 46.3 Å². The zero-order valence-corrected chi connectivity index (χ0v) is 14.6. The number of methoxy groups -OCH3 is 1. The first-order valence-corrected chi connectivity index (χ1v) is 7.88. The van der Waals surface area contributed by atoms with Gasteiger partial charge in [-0.3, -0.25) is 9.59 Å². The molecule has 1 amide bonds. The van der Waals surface area contributed by atoms with Gasteiger partial charge in [0.1, 0.15) is 6.10 Å². The number of amides is 1. The highest BCUT2D eigenvalue weighted by Crippen LogP contribution is 2.18. The van der Waals surface area contributed by atoms with E-state index in [-0.39, 0.29) is 18.3 Å². The SMILES string of the molecule is COC(=O)C[C@H](NC(=O)[C@@H](C)OCC(C)C)c1ccc(C)cc1. The second-order valence-electron chi connectivity index (χ2n) is 6.12. The van der Waals surface area contributed by atoms with Crippen molar-refractivity contribution in [1.82, 2.24) is 5.32 Å². The quantitative estimate of drug-likeness (QED) is 0.748. The topological polar surface area (TPSA) is 64.6 Å². The number of ether oxygens (including phenoxy) is 2. The maximum Gasteiger partial charge on any atom is 0.307 e. The van der Waals surface area contributed by atoms with Gasteiger partial charge in [-0.2, -0.15) is 0 Å². The van der Waals surface area contributed by atoms with E-state index in [2.05, 4.69) is 5.32 Å². The third kappa shape index (κ3) is 6.82. The van der Waals surface area contributed by atoms with Gasteiger partial charge in [-0.15, -0.1) is 0 Å². The summed E-state index contributed by atoms with van der Waals surface area (Å²) in [6, 6.07) is 7.28. The Labute approximate surface area is 138 Å². The van der Waals surface area contributed by atoms with Crippen LogP contribution >= 0.6 is 0 Å². The van der Waals surface area contributed by atoms with E-state index in [9.17, 15) is 9.59 Å². The Bertz CT molecular complexity index is 510. The summed E-state index contributed by atoms with van der Waals surface area (Å²) in [6.07, 6.45) is -0.481. The molecule has 0 aliphatic rings. The zero-order valence-electron chi connectivity index (χ0n) is 14.6. The van der Waals surface area contributed by atoms with Crippen molar-refractivity contribution in [1.29, 1.82) is 0 Å². The standard InChI is InChI=1S/C18H27NO4/c1-12(2)11-23-14(4)18(21)19-16(10-17(20)22-5)15-8-6-13(3)7-9-15/h6-9,12,14,16H,10-11H2,1-5H3,(H,19,21)/t14-,16+/m1/s1. The summed E-state index contributed by atoms with van der Waals surface area (Å²) >= 11 is 0.